The van der Waals surface area contributed by atoms with E-state index in [1.54, 1.807) is 0 Å². The van der Waals surface area contributed by atoms with Gasteiger partial charge in [-0.2, -0.15) is 0 Å². The SMILES string of the molecule is Cc1ccc([Si](C)(C)c2ccc(C(C=C[Si])c3ccc([Si](C)(C)c4ccc(C)cc4)cc3)cc2)cc1. The monoisotopic (exact) mass is 517 g/mol. The Labute approximate surface area is 223 Å². The zero-order valence-electron chi connectivity index (χ0n) is 22.5. The van der Waals surface area contributed by atoms with Crippen LogP contribution in [0.25, 0.3) is 0 Å². The van der Waals surface area contributed by atoms with Crippen molar-refractivity contribution >= 4 is 47.1 Å². The summed E-state index contributed by atoms with van der Waals surface area (Å²) < 4.78 is 0. The van der Waals surface area contributed by atoms with E-state index < -0.39 is 16.1 Å². The minimum Gasteiger partial charge on any atom is -0.105 e. The molecular formula is C33H37Si3. The molecule has 0 amide bonds. The molecule has 4 aromatic rings. The Balaban J connectivity index is 1.60. The van der Waals surface area contributed by atoms with Crippen molar-refractivity contribution in [3.05, 3.63) is 131 Å². The number of hydrogen-bond donors (Lipinski definition) is 0. The largest absolute Gasteiger partial charge is 0.112 e. The molecule has 4 aromatic carbocycles. The van der Waals surface area contributed by atoms with Crippen molar-refractivity contribution in [2.24, 2.45) is 0 Å². The smallest absolute Gasteiger partial charge is 0.105 e. The maximum atomic E-state index is 3.60. The number of allylic oxidation sites excluding steroid dienone is 1. The van der Waals surface area contributed by atoms with Gasteiger partial charge in [-0.25, -0.2) is 0 Å². The van der Waals surface area contributed by atoms with Crippen LogP contribution in [-0.4, -0.2) is 26.4 Å². The summed E-state index contributed by atoms with van der Waals surface area (Å²) in [7, 11) is 0.153. The molecule has 0 aromatic heterocycles. The first-order valence-corrected chi connectivity index (χ1v) is 19.4. The third kappa shape index (κ3) is 5.49. The topological polar surface area (TPSA) is 0 Å². The average Bonchev–Trinajstić information content (AvgIpc) is 2.88. The molecule has 0 nitrogen and oxygen atoms in total. The highest BCUT2D eigenvalue weighted by Gasteiger charge is 2.27. The highest BCUT2D eigenvalue weighted by atomic mass is 28.3. The van der Waals surface area contributed by atoms with E-state index in [9.17, 15) is 0 Å². The van der Waals surface area contributed by atoms with Gasteiger partial charge in [0.15, 0.2) is 0 Å². The predicted octanol–water partition coefficient (Wildman–Crippen LogP) is 5.76. The average molecular weight is 518 g/mol. The van der Waals surface area contributed by atoms with E-state index in [4.69, 9.17) is 0 Å². The van der Waals surface area contributed by atoms with Gasteiger partial charge in [0.05, 0.1) is 10.2 Å². The standard InChI is InChI=1S/C33H37Si3/c1-25-7-15-29(16-8-25)35(3,4)31-19-11-27(12-20-31)33(23-24-34)28-13-21-32(22-14-28)36(5,6)30-17-9-26(2)10-18-30/h7-24,33H,1-6H3. The number of aryl methyl sites for hydroxylation is 2. The second kappa shape index (κ2) is 10.7. The lowest BCUT2D eigenvalue weighted by molar-refractivity contribution is 1.03. The van der Waals surface area contributed by atoms with Crippen molar-refractivity contribution in [1.82, 2.24) is 0 Å². The lowest BCUT2D eigenvalue weighted by Crippen LogP contribution is -2.52. The lowest BCUT2D eigenvalue weighted by atomic mass is 9.91. The van der Waals surface area contributed by atoms with Gasteiger partial charge in [0.1, 0.15) is 16.1 Å². The molecule has 0 fully saturated rings. The molecule has 0 spiro atoms. The van der Waals surface area contributed by atoms with Crippen molar-refractivity contribution in [3.63, 3.8) is 0 Å². The summed E-state index contributed by atoms with van der Waals surface area (Å²) in [6.45, 7) is 14.1. The molecule has 0 saturated carbocycles. The molecule has 181 valence electrons. The van der Waals surface area contributed by atoms with Gasteiger partial charge in [-0.3, -0.25) is 0 Å². The van der Waals surface area contributed by atoms with Crippen LogP contribution >= 0.6 is 0 Å². The number of hydrogen-bond acceptors (Lipinski definition) is 0. The van der Waals surface area contributed by atoms with Crippen molar-refractivity contribution in [3.8, 4) is 0 Å². The molecule has 3 radical (unpaired) electrons. The Hall–Kier alpha value is -2.73. The molecule has 0 aliphatic rings. The summed E-state index contributed by atoms with van der Waals surface area (Å²) in [5.74, 6) is 0.221. The van der Waals surface area contributed by atoms with Crippen LogP contribution in [0.3, 0.4) is 0 Å². The maximum absolute atomic E-state index is 3.60. The highest BCUT2D eigenvalue weighted by Crippen LogP contribution is 2.26. The highest BCUT2D eigenvalue weighted by molar-refractivity contribution is 7.00. The van der Waals surface area contributed by atoms with E-state index >= 15 is 0 Å². The van der Waals surface area contributed by atoms with Crippen LogP contribution in [0, 0.1) is 13.8 Å². The molecule has 0 atom stereocenters. The van der Waals surface area contributed by atoms with E-state index in [2.05, 4.69) is 153 Å². The van der Waals surface area contributed by atoms with Gasteiger partial charge < -0.3 is 0 Å². The van der Waals surface area contributed by atoms with E-state index in [-0.39, 0.29) is 5.92 Å². The first-order chi connectivity index (χ1) is 17.1. The molecule has 0 bridgehead atoms. The van der Waals surface area contributed by atoms with Crippen molar-refractivity contribution in [1.29, 1.82) is 0 Å². The van der Waals surface area contributed by atoms with Crippen LogP contribution in [0.4, 0.5) is 0 Å². The second-order valence-electron chi connectivity index (χ2n) is 11.1. The summed E-state index contributed by atoms with van der Waals surface area (Å²) in [4.78, 5) is 0. The minimum absolute atomic E-state index is 0.221. The van der Waals surface area contributed by atoms with Crippen LogP contribution in [0.1, 0.15) is 28.2 Å². The quantitative estimate of drug-likeness (QED) is 0.273. The molecule has 0 N–H and O–H groups in total. The third-order valence-electron chi connectivity index (χ3n) is 7.82. The van der Waals surface area contributed by atoms with Gasteiger partial charge in [-0.15, -0.1) is 5.70 Å². The van der Waals surface area contributed by atoms with Crippen molar-refractivity contribution in [2.45, 2.75) is 46.0 Å². The lowest BCUT2D eigenvalue weighted by Gasteiger charge is -2.26. The van der Waals surface area contributed by atoms with E-state index in [1.165, 1.54) is 43.0 Å². The Bertz CT molecular complexity index is 1210. The molecular weight excluding hydrogens is 481 g/mol. The van der Waals surface area contributed by atoms with Gasteiger partial charge in [0, 0.05) is 5.92 Å². The fourth-order valence-corrected chi connectivity index (χ4v) is 9.86. The normalized spacial score (nSPS) is 12.4. The van der Waals surface area contributed by atoms with Gasteiger partial charge in [0.25, 0.3) is 0 Å². The van der Waals surface area contributed by atoms with Gasteiger partial charge >= 0.3 is 0 Å². The van der Waals surface area contributed by atoms with Crippen LogP contribution < -0.4 is 20.7 Å². The van der Waals surface area contributed by atoms with Gasteiger partial charge in [-0.05, 0) is 25.0 Å². The summed E-state index contributed by atoms with van der Waals surface area (Å²) in [5, 5.41) is 5.90. The van der Waals surface area contributed by atoms with E-state index in [0.717, 1.165) is 0 Å². The zero-order valence-corrected chi connectivity index (χ0v) is 25.5. The summed E-state index contributed by atoms with van der Waals surface area (Å²) in [6.07, 6.45) is 2.24. The Morgan fingerprint density at radius 2 is 0.778 bits per heavy atom. The summed E-state index contributed by atoms with van der Waals surface area (Å²) in [5.41, 5.74) is 7.27. The fourth-order valence-electron chi connectivity index (χ4n) is 5.00. The van der Waals surface area contributed by atoms with Crippen LogP contribution in [0.5, 0.6) is 0 Å². The predicted molar refractivity (Wildman–Crippen MR) is 165 cm³/mol. The van der Waals surface area contributed by atoms with E-state index in [0.29, 0.717) is 0 Å². The molecule has 4 rings (SSSR count). The zero-order chi connectivity index (χ0) is 25.9. The van der Waals surface area contributed by atoms with Crippen LogP contribution in [0.15, 0.2) is 109 Å². The molecule has 0 unspecified atom stereocenters. The van der Waals surface area contributed by atoms with Crippen LogP contribution in [0.2, 0.25) is 26.2 Å². The Kier molecular flexibility index (Phi) is 7.84. The Morgan fingerprint density at radius 1 is 0.500 bits per heavy atom. The fraction of sp³-hybridized carbons (Fsp3) is 0.212. The summed E-state index contributed by atoms with van der Waals surface area (Å²) in [6, 6.07) is 37.0. The van der Waals surface area contributed by atoms with Crippen LogP contribution in [-0.2, 0) is 0 Å². The van der Waals surface area contributed by atoms with E-state index in [1.807, 2.05) is 5.70 Å². The maximum Gasteiger partial charge on any atom is 0.112 e. The summed E-state index contributed by atoms with van der Waals surface area (Å²) >= 11 is 0. The number of benzene rings is 4. The third-order valence-corrected chi connectivity index (χ3v) is 15.1. The first kappa shape index (κ1) is 26.3. The van der Waals surface area contributed by atoms with Gasteiger partial charge in [0.2, 0.25) is 0 Å². The molecule has 0 aliphatic heterocycles. The van der Waals surface area contributed by atoms with Crippen molar-refractivity contribution < 1.29 is 0 Å². The molecule has 0 aliphatic carbocycles. The molecule has 0 saturated heterocycles. The number of rotatable bonds is 7. The van der Waals surface area contributed by atoms with Gasteiger partial charge in [-0.1, -0.05) is 161 Å². The molecule has 36 heavy (non-hydrogen) atoms. The van der Waals surface area contributed by atoms with Crippen molar-refractivity contribution in [2.75, 3.05) is 0 Å². The minimum atomic E-state index is -1.72. The molecule has 3 heteroatoms. The Morgan fingerprint density at radius 3 is 1.06 bits per heavy atom. The second-order valence-corrected chi connectivity index (χ2v) is 20.2. The molecule has 0 heterocycles. The first-order valence-electron chi connectivity index (χ1n) is 12.8.